The molecule has 4 nitrogen and oxygen atoms in total. The van der Waals surface area contributed by atoms with E-state index in [9.17, 15) is 4.79 Å². The van der Waals surface area contributed by atoms with Crippen molar-refractivity contribution in [2.75, 3.05) is 6.54 Å². The summed E-state index contributed by atoms with van der Waals surface area (Å²) in [5, 5.41) is 8.98. The average molecular weight is 220 g/mol. The second-order valence-corrected chi connectivity index (χ2v) is 4.45. The molecule has 2 heterocycles. The third kappa shape index (κ3) is 2.32. The zero-order valence-corrected chi connectivity index (χ0v) is 9.34. The highest BCUT2D eigenvalue weighted by Gasteiger charge is 2.31. The lowest BCUT2D eigenvalue weighted by molar-refractivity contribution is 0.142. The Kier molecular flexibility index (Phi) is 3.08. The second-order valence-electron chi connectivity index (χ2n) is 4.45. The van der Waals surface area contributed by atoms with E-state index in [1.807, 2.05) is 19.1 Å². The molecule has 0 saturated carbocycles. The summed E-state index contributed by atoms with van der Waals surface area (Å²) in [7, 11) is 0. The molecule has 16 heavy (non-hydrogen) atoms. The number of rotatable bonds is 2. The van der Waals surface area contributed by atoms with E-state index in [0.717, 1.165) is 12.8 Å². The Morgan fingerprint density at radius 1 is 1.56 bits per heavy atom. The van der Waals surface area contributed by atoms with Crippen molar-refractivity contribution in [1.82, 2.24) is 9.88 Å². The van der Waals surface area contributed by atoms with Gasteiger partial charge in [0.1, 0.15) is 0 Å². The zero-order valence-electron chi connectivity index (χ0n) is 9.34. The van der Waals surface area contributed by atoms with Crippen LogP contribution in [0.5, 0.6) is 0 Å². The van der Waals surface area contributed by atoms with Crippen molar-refractivity contribution in [3.05, 3.63) is 30.1 Å². The van der Waals surface area contributed by atoms with Gasteiger partial charge in [-0.3, -0.25) is 4.98 Å². The number of hydrogen-bond donors (Lipinski definition) is 1. The van der Waals surface area contributed by atoms with Gasteiger partial charge in [-0.05, 0) is 43.4 Å². The summed E-state index contributed by atoms with van der Waals surface area (Å²) in [6.07, 6.45) is 4.65. The van der Waals surface area contributed by atoms with Crippen molar-refractivity contribution in [2.45, 2.75) is 25.8 Å². The normalized spacial score (nSPS) is 24.7. The van der Waals surface area contributed by atoms with Gasteiger partial charge in [-0.1, -0.05) is 0 Å². The molecule has 0 aromatic carbocycles. The summed E-state index contributed by atoms with van der Waals surface area (Å²) in [5.74, 6) is 0.438. The Morgan fingerprint density at radius 2 is 2.25 bits per heavy atom. The van der Waals surface area contributed by atoms with E-state index in [4.69, 9.17) is 5.11 Å². The molecule has 0 unspecified atom stereocenters. The highest BCUT2D eigenvalue weighted by Crippen LogP contribution is 2.25. The molecular formula is C12H16N2O2. The maximum Gasteiger partial charge on any atom is 0.407 e. The predicted octanol–water partition coefficient (Wildman–Crippen LogP) is 2.01. The first-order valence-electron chi connectivity index (χ1n) is 5.55. The maximum atomic E-state index is 10.9. The van der Waals surface area contributed by atoms with E-state index in [1.54, 1.807) is 12.4 Å². The molecule has 0 bridgehead atoms. The largest absolute Gasteiger partial charge is 0.465 e. The van der Waals surface area contributed by atoms with Crippen LogP contribution in [0.15, 0.2) is 24.5 Å². The van der Waals surface area contributed by atoms with Crippen LogP contribution in [-0.2, 0) is 6.42 Å². The molecule has 4 heteroatoms. The summed E-state index contributed by atoms with van der Waals surface area (Å²) in [6, 6.07) is 4.13. The molecular weight excluding hydrogens is 204 g/mol. The molecule has 1 fully saturated rings. The Morgan fingerprint density at radius 3 is 2.81 bits per heavy atom. The van der Waals surface area contributed by atoms with E-state index >= 15 is 0 Å². The van der Waals surface area contributed by atoms with Crippen molar-refractivity contribution >= 4 is 6.09 Å². The Hall–Kier alpha value is -1.58. The Labute approximate surface area is 94.9 Å². The van der Waals surface area contributed by atoms with E-state index in [2.05, 4.69) is 4.98 Å². The highest BCUT2D eigenvalue weighted by molar-refractivity contribution is 5.65. The lowest BCUT2D eigenvalue weighted by atomic mass is 9.98. The van der Waals surface area contributed by atoms with Crippen LogP contribution in [0.3, 0.4) is 0 Å². The van der Waals surface area contributed by atoms with Crippen LogP contribution in [0.25, 0.3) is 0 Å². The van der Waals surface area contributed by atoms with Gasteiger partial charge in [-0.2, -0.15) is 0 Å². The summed E-state index contributed by atoms with van der Waals surface area (Å²) in [4.78, 5) is 16.4. The minimum absolute atomic E-state index is 0.143. The van der Waals surface area contributed by atoms with Crippen molar-refractivity contribution in [1.29, 1.82) is 0 Å². The van der Waals surface area contributed by atoms with Crippen LogP contribution in [0.4, 0.5) is 4.79 Å². The number of nitrogens with zero attached hydrogens (tertiary/aromatic N) is 2. The summed E-state index contributed by atoms with van der Waals surface area (Å²) in [5.41, 5.74) is 1.24. The van der Waals surface area contributed by atoms with Gasteiger partial charge in [0.05, 0.1) is 0 Å². The third-order valence-electron chi connectivity index (χ3n) is 3.18. The summed E-state index contributed by atoms with van der Waals surface area (Å²) >= 11 is 0. The third-order valence-corrected chi connectivity index (χ3v) is 3.18. The number of carbonyl (C=O) groups is 1. The highest BCUT2D eigenvalue weighted by atomic mass is 16.4. The van der Waals surface area contributed by atoms with Crippen LogP contribution in [0, 0.1) is 5.92 Å². The van der Waals surface area contributed by atoms with Gasteiger partial charge < -0.3 is 10.0 Å². The number of amides is 1. The second kappa shape index (κ2) is 4.51. The van der Waals surface area contributed by atoms with Gasteiger partial charge >= 0.3 is 6.09 Å². The van der Waals surface area contributed by atoms with E-state index in [1.165, 1.54) is 10.5 Å². The first-order chi connectivity index (χ1) is 7.66. The molecule has 0 spiro atoms. The molecule has 2 rings (SSSR count). The Balaban J connectivity index is 1.96. The van der Waals surface area contributed by atoms with Gasteiger partial charge in [-0.25, -0.2) is 4.79 Å². The predicted molar refractivity (Wildman–Crippen MR) is 60.2 cm³/mol. The van der Waals surface area contributed by atoms with Gasteiger partial charge in [0.25, 0.3) is 0 Å². The lowest BCUT2D eigenvalue weighted by Crippen LogP contribution is -2.32. The maximum absolute atomic E-state index is 10.9. The molecule has 1 aromatic heterocycles. The minimum Gasteiger partial charge on any atom is -0.465 e. The molecule has 0 aliphatic carbocycles. The van der Waals surface area contributed by atoms with Gasteiger partial charge in [0, 0.05) is 25.0 Å². The van der Waals surface area contributed by atoms with E-state index < -0.39 is 6.09 Å². The van der Waals surface area contributed by atoms with Crippen LogP contribution in [-0.4, -0.2) is 33.7 Å². The topological polar surface area (TPSA) is 53.4 Å². The summed E-state index contributed by atoms with van der Waals surface area (Å²) < 4.78 is 0. The molecule has 1 saturated heterocycles. The number of hydrogen-bond acceptors (Lipinski definition) is 2. The van der Waals surface area contributed by atoms with Gasteiger partial charge in [0.2, 0.25) is 0 Å². The quantitative estimate of drug-likeness (QED) is 0.829. The van der Waals surface area contributed by atoms with Crippen LogP contribution in [0.1, 0.15) is 18.9 Å². The minimum atomic E-state index is -0.801. The Bertz CT molecular complexity index is 367. The molecule has 1 aromatic rings. The van der Waals surface area contributed by atoms with Crippen molar-refractivity contribution in [3.8, 4) is 0 Å². The smallest absolute Gasteiger partial charge is 0.407 e. The fraction of sp³-hybridized carbons (Fsp3) is 0.500. The molecule has 1 N–H and O–H groups in total. The fourth-order valence-electron chi connectivity index (χ4n) is 2.41. The first kappa shape index (κ1) is 10.9. The van der Waals surface area contributed by atoms with Crippen molar-refractivity contribution < 1.29 is 9.90 Å². The van der Waals surface area contributed by atoms with Crippen molar-refractivity contribution in [2.24, 2.45) is 5.92 Å². The zero-order chi connectivity index (χ0) is 11.5. The SMILES string of the molecule is C[C@@H]1C[C@H](Cc2ccncc2)CN1C(=O)O. The first-order valence-corrected chi connectivity index (χ1v) is 5.55. The van der Waals surface area contributed by atoms with E-state index in [0.29, 0.717) is 12.5 Å². The average Bonchev–Trinajstić information content (AvgIpc) is 2.61. The molecule has 2 atom stereocenters. The molecule has 0 radical (unpaired) electrons. The number of pyridine rings is 1. The summed E-state index contributed by atoms with van der Waals surface area (Å²) in [6.45, 7) is 2.62. The van der Waals surface area contributed by atoms with Crippen LogP contribution < -0.4 is 0 Å². The van der Waals surface area contributed by atoms with Gasteiger partial charge in [0.15, 0.2) is 0 Å². The van der Waals surface area contributed by atoms with Crippen molar-refractivity contribution in [3.63, 3.8) is 0 Å². The standard InChI is InChI=1S/C12H16N2O2/c1-9-6-11(8-14(9)12(15)16)7-10-2-4-13-5-3-10/h2-5,9,11H,6-8H2,1H3,(H,15,16)/t9-,11-/m1/s1. The molecule has 86 valence electrons. The van der Waals surface area contributed by atoms with Gasteiger partial charge in [-0.15, -0.1) is 0 Å². The number of carboxylic acid groups (broad SMARTS) is 1. The number of likely N-dealkylation sites (tertiary alicyclic amines) is 1. The fourth-order valence-corrected chi connectivity index (χ4v) is 2.41. The molecule has 1 aliphatic rings. The van der Waals surface area contributed by atoms with Crippen LogP contribution >= 0.6 is 0 Å². The number of aromatic nitrogens is 1. The lowest BCUT2D eigenvalue weighted by Gasteiger charge is -2.16. The molecule has 1 aliphatic heterocycles. The monoisotopic (exact) mass is 220 g/mol. The molecule has 1 amide bonds. The van der Waals surface area contributed by atoms with Crippen LogP contribution in [0.2, 0.25) is 0 Å². The van der Waals surface area contributed by atoms with E-state index in [-0.39, 0.29) is 6.04 Å².